The van der Waals surface area contributed by atoms with E-state index in [4.69, 9.17) is 5.73 Å². The fourth-order valence-electron chi connectivity index (χ4n) is 10.2. The number of hydrogen-bond acceptors (Lipinski definition) is 11. The molecule has 69 heavy (non-hydrogen) atoms. The van der Waals surface area contributed by atoms with Crippen LogP contribution in [0.1, 0.15) is 63.7 Å². The van der Waals surface area contributed by atoms with Crippen LogP contribution in [0.4, 0.5) is 4.39 Å². The standard InChI is InChI=1S/C52H66FN11O5/c1-3-16-61(49(66)36-60-33-41(31-54)47(34-60)55-2)17-13-37-7-6-8-40(28-37)51(68)63-18-14-38(15-19-63)32-58-20-22-59(23-21-58)35-48(65)62-24-26-64(27-25-62)52(69)44-29-39(11-12-45(44)53)30-46-42-9-4-5-10-43(42)50(67)57-56-46/h4-12,28-29,31,38H,3,13-27,30,32-36,54H2,1-2H3,(H,57,67). The van der Waals surface area contributed by atoms with E-state index in [1.54, 1.807) is 47.3 Å². The third kappa shape index (κ3) is 12.1. The van der Waals surface area contributed by atoms with Gasteiger partial charge in [0.05, 0.1) is 35.4 Å². The summed E-state index contributed by atoms with van der Waals surface area (Å²) in [5.41, 5.74) is 10.4. The number of hydrogen-bond donors (Lipinski definition) is 2. The van der Waals surface area contributed by atoms with Crippen LogP contribution in [0.25, 0.3) is 10.8 Å². The Bertz CT molecular complexity index is 2590. The molecule has 4 aliphatic rings. The van der Waals surface area contributed by atoms with Crippen molar-refractivity contribution < 1.29 is 23.6 Å². The number of halogens is 1. The summed E-state index contributed by atoms with van der Waals surface area (Å²) in [5, 5.41) is 7.99. The molecule has 5 heterocycles. The van der Waals surface area contributed by atoms with Gasteiger partial charge in [0.1, 0.15) is 5.82 Å². The highest BCUT2D eigenvalue weighted by atomic mass is 19.1. The molecule has 0 aliphatic carbocycles. The number of carbonyl (C=O) groups excluding carboxylic acids is 4. The number of fused-ring (bicyclic) bond motifs is 1. The Morgan fingerprint density at radius 3 is 2.20 bits per heavy atom. The quantitative estimate of drug-likeness (QED) is 0.180. The molecule has 0 radical (unpaired) electrons. The number of aromatic nitrogens is 2. The summed E-state index contributed by atoms with van der Waals surface area (Å²) in [6, 6.07) is 19.5. The number of piperidine rings is 1. The summed E-state index contributed by atoms with van der Waals surface area (Å²) in [7, 11) is 1.75. The number of amides is 4. The predicted molar refractivity (Wildman–Crippen MR) is 265 cm³/mol. The first kappa shape index (κ1) is 49.1. The molecule has 4 aliphatic heterocycles. The van der Waals surface area contributed by atoms with Gasteiger partial charge in [-0.2, -0.15) is 5.10 Å². The predicted octanol–water partition coefficient (Wildman–Crippen LogP) is 3.12. The van der Waals surface area contributed by atoms with Gasteiger partial charge >= 0.3 is 0 Å². The third-order valence-electron chi connectivity index (χ3n) is 14.2. The zero-order chi connectivity index (χ0) is 48.4. The maximum atomic E-state index is 15.1. The first-order valence-corrected chi connectivity index (χ1v) is 24.5. The van der Waals surface area contributed by atoms with Gasteiger partial charge in [-0.05, 0) is 73.1 Å². The van der Waals surface area contributed by atoms with Gasteiger partial charge in [-0.1, -0.05) is 43.3 Å². The van der Waals surface area contributed by atoms with E-state index >= 15 is 4.39 Å². The smallest absolute Gasteiger partial charge is 0.272 e. The Hall–Kier alpha value is -6.30. The molecule has 0 bridgehead atoms. The van der Waals surface area contributed by atoms with Gasteiger partial charge in [0, 0.05) is 134 Å². The number of nitrogens with zero attached hydrogens (tertiary/aromatic N) is 9. The van der Waals surface area contributed by atoms with Crippen LogP contribution in [0.2, 0.25) is 0 Å². The number of H-pyrrole nitrogens is 1. The molecule has 0 saturated carbocycles. The summed E-state index contributed by atoms with van der Waals surface area (Å²) < 4.78 is 15.1. The molecule has 16 nitrogen and oxygen atoms in total. The van der Waals surface area contributed by atoms with Crippen molar-refractivity contribution in [1.82, 2.24) is 44.5 Å². The zero-order valence-corrected chi connectivity index (χ0v) is 40.1. The highest BCUT2D eigenvalue weighted by molar-refractivity contribution is 6.04. The van der Waals surface area contributed by atoms with Crippen LogP contribution in [0, 0.1) is 11.7 Å². The Kier molecular flexibility index (Phi) is 16.3. The molecule has 366 valence electrons. The van der Waals surface area contributed by atoms with E-state index in [-0.39, 0.29) is 28.8 Å². The van der Waals surface area contributed by atoms with Gasteiger partial charge in [-0.3, -0.25) is 38.8 Å². The average molecular weight is 944 g/mol. The molecule has 0 unspecified atom stereocenters. The number of likely N-dealkylation sites (tertiary alicyclic amines) is 2. The second-order valence-electron chi connectivity index (χ2n) is 18.9. The second-order valence-corrected chi connectivity index (χ2v) is 18.9. The average Bonchev–Trinajstić information content (AvgIpc) is 3.78. The fraction of sp³-hybridized carbons (Fsp3) is 0.481. The lowest BCUT2D eigenvalue weighted by atomic mass is 9.95. The molecule has 0 spiro atoms. The maximum Gasteiger partial charge on any atom is 0.272 e. The fourth-order valence-corrected chi connectivity index (χ4v) is 10.2. The minimum Gasteiger partial charge on any atom is -0.404 e. The molecule has 8 rings (SSSR count). The van der Waals surface area contributed by atoms with Crippen LogP contribution in [0.5, 0.6) is 0 Å². The summed E-state index contributed by atoms with van der Waals surface area (Å²) in [4.78, 5) is 84.7. The third-order valence-corrected chi connectivity index (χ3v) is 14.2. The molecular weight excluding hydrogens is 878 g/mol. The number of rotatable bonds is 15. The SMILES string of the molecule is CCCN(CCc1cccc(C(=O)N2CCC(CN3CCN(CC(=O)N4CCN(C(=O)c5cc(Cc6n[nH]c(=O)c7ccccc67)ccc5F)CC4)CC3)CC2)c1)C(=O)CN1CC(=CN)C(=NC)C1. The number of carbonyl (C=O) groups is 4. The van der Waals surface area contributed by atoms with Gasteiger partial charge < -0.3 is 30.2 Å². The highest BCUT2D eigenvalue weighted by Crippen LogP contribution is 2.23. The summed E-state index contributed by atoms with van der Waals surface area (Å²) >= 11 is 0. The maximum absolute atomic E-state index is 15.1. The topological polar surface area (TPSA) is 175 Å². The van der Waals surface area contributed by atoms with E-state index in [0.29, 0.717) is 112 Å². The number of benzene rings is 3. The first-order valence-electron chi connectivity index (χ1n) is 24.5. The van der Waals surface area contributed by atoms with E-state index < -0.39 is 11.7 Å². The minimum absolute atomic E-state index is 0.0206. The van der Waals surface area contributed by atoms with Crippen molar-refractivity contribution in [2.45, 2.75) is 39.0 Å². The lowest BCUT2D eigenvalue weighted by Crippen LogP contribution is -2.55. The Morgan fingerprint density at radius 1 is 0.783 bits per heavy atom. The number of nitrogens with one attached hydrogen (secondary N) is 1. The number of aromatic amines is 1. The largest absolute Gasteiger partial charge is 0.404 e. The van der Waals surface area contributed by atoms with Crippen LogP contribution >= 0.6 is 0 Å². The van der Waals surface area contributed by atoms with Gasteiger partial charge in [-0.25, -0.2) is 9.49 Å². The lowest BCUT2D eigenvalue weighted by molar-refractivity contribution is -0.134. The summed E-state index contributed by atoms with van der Waals surface area (Å²) in [6.45, 7) is 12.4. The van der Waals surface area contributed by atoms with Gasteiger partial charge in [0.25, 0.3) is 17.4 Å². The first-order chi connectivity index (χ1) is 33.5. The van der Waals surface area contributed by atoms with Crippen molar-refractivity contribution in [2.75, 3.05) is 118 Å². The van der Waals surface area contributed by atoms with E-state index in [2.05, 4.69) is 36.8 Å². The van der Waals surface area contributed by atoms with Crippen molar-refractivity contribution in [3.63, 3.8) is 0 Å². The van der Waals surface area contributed by atoms with Crippen LogP contribution in [-0.4, -0.2) is 192 Å². The highest BCUT2D eigenvalue weighted by Gasteiger charge is 2.31. The molecule has 17 heteroatoms. The molecule has 3 aromatic carbocycles. The zero-order valence-electron chi connectivity index (χ0n) is 40.1. The normalized spacial score (nSPS) is 19.0. The van der Waals surface area contributed by atoms with E-state index in [1.807, 2.05) is 46.2 Å². The van der Waals surface area contributed by atoms with Crippen molar-refractivity contribution in [3.8, 4) is 0 Å². The molecule has 1 aromatic heterocycles. The summed E-state index contributed by atoms with van der Waals surface area (Å²) in [5.74, 6) is -0.334. The number of nitrogens with two attached hydrogens (primary N) is 1. The van der Waals surface area contributed by atoms with Crippen molar-refractivity contribution in [1.29, 1.82) is 0 Å². The molecular formula is C52H66FN11O5. The Balaban J connectivity index is 0.731. The van der Waals surface area contributed by atoms with Crippen molar-refractivity contribution in [2.24, 2.45) is 16.6 Å². The molecule has 4 aromatic rings. The van der Waals surface area contributed by atoms with Crippen LogP contribution < -0.4 is 11.3 Å². The Morgan fingerprint density at radius 2 is 1.49 bits per heavy atom. The van der Waals surface area contributed by atoms with Crippen LogP contribution in [0.15, 0.2) is 88.3 Å². The van der Waals surface area contributed by atoms with Crippen molar-refractivity contribution >= 4 is 40.1 Å². The minimum atomic E-state index is -0.604. The van der Waals surface area contributed by atoms with E-state index in [0.717, 1.165) is 81.9 Å². The number of aliphatic imine (C=N–C) groups is 1. The molecule has 3 N–H and O–H groups in total. The Labute approximate surface area is 403 Å². The molecule has 4 saturated heterocycles. The van der Waals surface area contributed by atoms with Gasteiger partial charge in [0.15, 0.2) is 0 Å². The monoisotopic (exact) mass is 944 g/mol. The molecule has 4 fully saturated rings. The number of piperazine rings is 2. The lowest BCUT2D eigenvalue weighted by Gasteiger charge is -2.40. The van der Waals surface area contributed by atoms with Crippen molar-refractivity contribution in [3.05, 3.63) is 123 Å². The van der Waals surface area contributed by atoms with Gasteiger partial charge in [-0.15, -0.1) is 0 Å². The second kappa shape index (κ2) is 22.9. The molecule has 4 amide bonds. The summed E-state index contributed by atoms with van der Waals surface area (Å²) in [6.07, 6.45) is 5.32. The van der Waals surface area contributed by atoms with Gasteiger partial charge in [0.2, 0.25) is 11.8 Å². The van der Waals surface area contributed by atoms with Crippen LogP contribution in [-0.2, 0) is 22.4 Å². The molecule has 0 atom stereocenters. The van der Waals surface area contributed by atoms with E-state index in [9.17, 15) is 24.0 Å². The van der Waals surface area contributed by atoms with Crippen LogP contribution in [0.3, 0.4) is 0 Å². The van der Waals surface area contributed by atoms with E-state index in [1.165, 1.54) is 6.07 Å².